The van der Waals surface area contributed by atoms with E-state index in [1.165, 1.54) is 0 Å². The molecule has 0 fully saturated rings. The molecule has 0 aliphatic heterocycles. The van der Waals surface area contributed by atoms with Gasteiger partial charge in [-0.25, -0.2) is 4.57 Å². The van der Waals surface area contributed by atoms with Crippen molar-refractivity contribution in [2.24, 2.45) is 0 Å². The van der Waals surface area contributed by atoms with Crippen LogP contribution in [-0.2, 0) is 4.57 Å². The van der Waals surface area contributed by atoms with Crippen LogP contribution in [0.2, 0.25) is 0 Å². The van der Waals surface area contributed by atoms with Gasteiger partial charge >= 0.3 is 105 Å². The van der Waals surface area contributed by atoms with Gasteiger partial charge in [-0.2, -0.15) is 9.90 Å². The second-order valence-corrected chi connectivity index (χ2v) is 1.54. The Morgan fingerprint density at radius 2 is 1.00 bits per heavy atom. The molecule has 0 spiro atoms. The molecule has 1 unspecified atom stereocenters. The molecule has 56 valence electrons. The second kappa shape index (κ2) is 18.5. The standard InChI is InChI=1S/BH3.K.2Mg.H3O4P.H3P.5H/c;;;;1-5(2,3)4;;;;;;/h1H3;;;;(H3,1,2,3,4);1H3;;;;;. The van der Waals surface area contributed by atoms with Crippen molar-refractivity contribution < 1.29 is 19.2 Å². The first kappa shape index (κ1) is 37.2. The van der Waals surface area contributed by atoms with Gasteiger partial charge in [-0.05, 0) is 0 Å². The number of phosphoric acid groups is 1. The van der Waals surface area contributed by atoms with Crippen LogP contribution >= 0.6 is 17.7 Å². The van der Waals surface area contributed by atoms with Crippen molar-refractivity contribution in [1.29, 1.82) is 0 Å². The van der Waals surface area contributed by atoms with Crippen LogP contribution in [0.25, 0.3) is 0 Å². The van der Waals surface area contributed by atoms with Crippen molar-refractivity contribution in [1.82, 2.24) is 0 Å². The molecule has 0 heterocycles. The maximum absolute atomic E-state index is 8.88. The van der Waals surface area contributed by atoms with E-state index in [-0.39, 0.29) is 116 Å². The van der Waals surface area contributed by atoms with E-state index in [2.05, 4.69) is 0 Å². The van der Waals surface area contributed by atoms with E-state index in [0.717, 1.165) is 0 Å². The summed E-state index contributed by atoms with van der Waals surface area (Å²) in [4.78, 5) is 21.6. The topological polar surface area (TPSA) is 77.8 Å². The third-order valence-corrected chi connectivity index (χ3v) is 0. The molecule has 0 radical (unpaired) electrons. The Hall–Kier alpha value is 3.77. The van der Waals surface area contributed by atoms with Crippen LogP contribution in [0.15, 0.2) is 0 Å². The van der Waals surface area contributed by atoms with Gasteiger partial charge in [-0.15, -0.1) is 0 Å². The second-order valence-electron chi connectivity index (χ2n) is 0.513. The Balaban J connectivity index is -0.00000000800. The van der Waals surface area contributed by atoms with E-state index in [4.69, 9.17) is 19.2 Å². The van der Waals surface area contributed by atoms with Crippen LogP contribution in [0.5, 0.6) is 0 Å². The van der Waals surface area contributed by atoms with Gasteiger partial charge in [-0.3, -0.25) is 0 Å². The molecule has 3 N–H and O–H groups in total. The van der Waals surface area contributed by atoms with Gasteiger partial charge in [0, 0.05) is 0 Å². The number of rotatable bonds is 0. The summed E-state index contributed by atoms with van der Waals surface area (Å²) in [5, 5.41) is 0. The molecule has 0 aromatic rings. The Morgan fingerprint density at radius 3 is 1.00 bits per heavy atom. The Labute approximate surface area is 140 Å². The molecule has 0 aliphatic carbocycles. The molecule has 0 saturated heterocycles. The summed E-state index contributed by atoms with van der Waals surface area (Å²) in [6.07, 6.45) is 0. The van der Waals surface area contributed by atoms with Crippen molar-refractivity contribution in [3.63, 3.8) is 0 Å². The molecule has 0 amide bonds. The summed E-state index contributed by atoms with van der Waals surface area (Å²) in [5.74, 6) is 0. The SMILES string of the molecule is B.O=P(O)(O)O.P.[KH].[MgH2].[MgH2]. The van der Waals surface area contributed by atoms with E-state index in [1.54, 1.807) is 0 Å². The Bertz CT molecular complexity index is 67.4. The Kier molecular flexibility index (Phi) is 68.9. The van der Waals surface area contributed by atoms with Crippen LogP contribution in [0.1, 0.15) is 0 Å². The fraction of sp³-hybridized carbons (Fsp3) is 0. The zero-order chi connectivity index (χ0) is 4.50. The van der Waals surface area contributed by atoms with E-state index >= 15 is 0 Å². The van der Waals surface area contributed by atoms with E-state index in [0.29, 0.717) is 0 Å². The Morgan fingerprint density at radius 1 is 1.00 bits per heavy atom. The smallest absolute Gasteiger partial charge is 0.316 e. The first-order chi connectivity index (χ1) is 2.00. The summed E-state index contributed by atoms with van der Waals surface area (Å²) >= 11 is 0. The summed E-state index contributed by atoms with van der Waals surface area (Å²) in [7, 11) is -4.64. The minimum Gasteiger partial charge on any atom is 0.316 e. The molecule has 0 aliphatic rings. The van der Waals surface area contributed by atoms with Crippen LogP contribution < -0.4 is 0 Å². The van der Waals surface area contributed by atoms with Crippen LogP contribution in [-0.4, -0.2) is 121 Å². The van der Waals surface area contributed by atoms with Crippen molar-refractivity contribution in [2.45, 2.75) is 0 Å². The molecular formula is H14BKMg2O4P2. The van der Waals surface area contributed by atoms with Gasteiger partial charge in [0.05, 0.1) is 8.41 Å². The van der Waals surface area contributed by atoms with Crippen LogP contribution in [0, 0.1) is 0 Å². The number of hydrogen-bond donors (Lipinski definition) is 3. The molecule has 10 heteroatoms. The summed E-state index contributed by atoms with van der Waals surface area (Å²) < 4.78 is 8.88. The summed E-state index contributed by atoms with van der Waals surface area (Å²) in [5.41, 5.74) is 0. The fourth-order valence-electron chi connectivity index (χ4n) is 0. The zero-order valence-electron chi connectivity index (χ0n) is 2.90. The third kappa shape index (κ3) is 96.0. The molecule has 0 bridgehead atoms. The average molecular weight is 239 g/mol. The molecule has 0 aromatic heterocycles. The quantitative estimate of drug-likeness (QED) is 0.294. The monoisotopic (exact) mass is 238 g/mol. The zero-order valence-corrected chi connectivity index (χ0v) is 5.21. The fourth-order valence-corrected chi connectivity index (χ4v) is 0. The first-order valence-corrected chi connectivity index (χ1v) is 2.35. The van der Waals surface area contributed by atoms with Crippen molar-refractivity contribution in [3.8, 4) is 0 Å². The largest absolute Gasteiger partial charge is 0.316 e. The maximum Gasteiger partial charge on any atom is 0.316 e. The number of hydrogen-bond acceptors (Lipinski definition) is 1. The first-order valence-electron chi connectivity index (χ1n) is 0.783. The van der Waals surface area contributed by atoms with E-state index in [1.807, 2.05) is 0 Å². The minimum atomic E-state index is -4.64. The molecule has 0 rings (SSSR count). The predicted molar refractivity (Wildman–Crippen MR) is 59.5 cm³/mol. The van der Waals surface area contributed by atoms with Gasteiger partial charge in [0.1, 0.15) is 0 Å². The molecule has 10 heavy (non-hydrogen) atoms. The van der Waals surface area contributed by atoms with Gasteiger partial charge in [-0.1, -0.05) is 0 Å². The van der Waals surface area contributed by atoms with Crippen LogP contribution in [0.3, 0.4) is 0 Å². The van der Waals surface area contributed by atoms with Crippen molar-refractivity contribution in [2.75, 3.05) is 0 Å². The predicted octanol–water partition coefficient (Wildman–Crippen LogP) is -4.54. The van der Waals surface area contributed by atoms with Gasteiger partial charge < -0.3 is 14.7 Å². The summed E-state index contributed by atoms with van der Waals surface area (Å²) in [6, 6.07) is 0. The third-order valence-electron chi connectivity index (χ3n) is 0. The average Bonchev–Trinajstić information content (AvgIpc) is 0.722. The molecule has 0 aromatic carbocycles. The van der Waals surface area contributed by atoms with Crippen molar-refractivity contribution in [3.05, 3.63) is 0 Å². The van der Waals surface area contributed by atoms with E-state index in [9.17, 15) is 0 Å². The van der Waals surface area contributed by atoms with Gasteiger partial charge in [0.2, 0.25) is 0 Å². The maximum atomic E-state index is 8.88. The van der Waals surface area contributed by atoms with Gasteiger partial charge in [0.25, 0.3) is 0 Å². The van der Waals surface area contributed by atoms with Crippen molar-refractivity contribution >= 4 is 124 Å². The molecular weight excluding hydrogens is 224 g/mol. The summed E-state index contributed by atoms with van der Waals surface area (Å²) in [6.45, 7) is 0. The molecule has 1 atom stereocenters. The minimum absolute atomic E-state index is 0. The van der Waals surface area contributed by atoms with E-state index < -0.39 is 7.82 Å². The van der Waals surface area contributed by atoms with Gasteiger partial charge in [0.15, 0.2) is 0 Å². The normalized spacial score (nSPS) is 5.90. The van der Waals surface area contributed by atoms with Crippen LogP contribution in [0.4, 0.5) is 0 Å². The molecule has 4 nitrogen and oxygen atoms in total. The molecule has 0 saturated carbocycles.